The molecule has 0 unspecified atom stereocenters. The molecule has 0 spiro atoms. The van der Waals surface area contributed by atoms with Gasteiger partial charge in [0.1, 0.15) is 0 Å². The molecule has 0 fully saturated rings. The fourth-order valence-corrected chi connectivity index (χ4v) is 2.72. The van der Waals surface area contributed by atoms with Gasteiger partial charge in [0.05, 0.1) is 12.8 Å². The third-order valence-corrected chi connectivity index (χ3v) is 4.01. The summed E-state index contributed by atoms with van der Waals surface area (Å²) in [6.45, 7) is 0. The average Bonchev–Trinajstić information content (AvgIpc) is 2.60. The molecule has 8 nitrogen and oxygen atoms in total. The van der Waals surface area contributed by atoms with Crippen LogP contribution in [0.5, 0.6) is 5.75 Å². The number of fused-ring (bicyclic) bond motifs is 1. The van der Waals surface area contributed by atoms with Gasteiger partial charge in [-0.15, -0.1) is 0 Å². The minimum Gasteiger partial charge on any atom is -0.491 e. The molecule has 0 saturated carbocycles. The number of benzene rings is 1. The summed E-state index contributed by atoms with van der Waals surface area (Å²) >= 11 is 1.36. The first-order valence-electron chi connectivity index (χ1n) is 7.14. The minimum atomic E-state index is -1.19. The van der Waals surface area contributed by atoms with Crippen molar-refractivity contribution in [3.8, 4) is 11.4 Å². The number of aromatic nitrogens is 3. The molecular weight excluding hydrogens is 344 g/mol. The third kappa shape index (κ3) is 3.26. The summed E-state index contributed by atoms with van der Waals surface area (Å²) in [5, 5.41) is 12.3. The zero-order chi connectivity index (χ0) is 18.0. The number of thioether (sulfide) groups is 1. The number of hydrogen-bond acceptors (Lipinski definition) is 6. The Morgan fingerprint density at radius 1 is 1.36 bits per heavy atom. The molecule has 0 saturated heterocycles. The number of carbonyl (C=O) groups is 1. The minimum absolute atomic E-state index is 0.143. The van der Waals surface area contributed by atoms with Gasteiger partial charge in [0, 0.05) is 17.3 Å². The highest BCUT2D eigenvalue weighted by atomic mass is 32.2. The van der Waals surface area contributed by atoms with Crippen LogP contribution in [0.15, 0.2) is 46.5 Å². The molecule has 0 bridgehead atoms. The average molecular weight is 358 g/mol. The first kappa shape index (κ1) is 16.8. The third-order valence-electron chi connectivity index (χ3n) is 3.44. The maximum absolute atomic E-state index is 12.8. The molecule has 25 heavy (non-hydrogen) atoms. The van der Waals surface area contributed by atoms with E-state index in [2.05, 4.69) is 15.3 Å². The van der Waals surface area contributed by atoms with E-state index < -0.39 is 11.7 Å². The number of carboxylic acid groups (broad SMARTS) is 1. The van der Waals surface area contributed by atoms with Crippen molar-refractivity contribution in [2.24, 2.45) is 0 Å². The number of amides is 1. The first-order chi connectivity index (χ1) is 12.0. The smallest absolute Gasteiger partial charge is 0.409 e. The zero-order valence-corrected chi connectivity index (χ0v) is 14.2. The van der Waals surface area contributed by atoms with E-state index in [0.717, 1.165) is 0 Å². The molecule has 0 aliphatic carbocycles. The molecule has 0 atom stereocenters. The summed E-state index contributed by atoms with van der Waals surface area (Å²) < 4.78 is 6.54. The fourth-order valence-electron chi connectivity index (χ4n) is 2.39. The lowest BCUT2D eigenvalue weighted by atomic mass is 10.2. The van der Waals surface area contributed by atoms with E-state index in [0.29, 0.717) is 27.6 Å². The molecule has 2 N–H and O–H groups in total. The molecule has 1 aromatic carbocycles. The van der Waals surface area contributed by atoms with Gasteiger partial charge >= 0.3 is 6.09 Å². The lowest BCUT2D eigenvalue weighted by Crippen LogP contribution is -2.21. The summed E-state index contributed by atoms with van der Waals surface area (Å²) in [4.78, 5) is 32.3. The van der Waals surface area contributed by atoms with Crippen LogP contribution in [0.4, 0.5) is 10.5 Å². The Morgan fingerprint density at radius 2 is 2.16 bits per heavy atom. The van der Waals surface area contributed by atoms with E-state index in [-0.39, 0.29) is 5.75 Å². The number of nitrogens with zero attached hydrogens (tertiary/aromatic N) is 3. The summed E-state index contributed by atoms with van der Waals surface area (Å²) in [5.74, 6) is 0.143. The van der Waals surface area contributed by atoms with E-state index >= 15 is 0 Å². The Bertz CT molecular complexity index is 1020. The van der Waals surface area contributed by atoms with Crippen molar-refractivity contribution in [2.75, 3.05) is 18.7 Å². The van der Waals surface area contributed by atoms with Gasteiger partial charge in [0.25, 0.3) is 5.56 Å². The van der Waals surface area contributed by atoms with Gasteiger partial charge in [0.15, 0.2) is 16.6 Å². The van der Waals surface area contributed by atoms with Crippen LogP contribution in [0.25, 0.3) is 16.7 Å². The SMILES string of the molecule is COc1cc2cnc(SC)nc2n(-c2cccc(NC(=O)O)c2)c1=O. The van der Waals surface area contributed by atoms with Crippen LogP contribution in [0.3, 0.4) is 0 Å². The second kappa shape index (κ2) is 6.81. The van der Waals surface area contributed by atoms with Crippen molar-refractivity contribution in [3.05, 3.63) is 46.9 Å². The zero-order valence-electron chi connectivity index (χ0n) is 13.4. The van der Waals surface area contributed by atoms with E-state index in [9.17, 15) is 9.59 Å². The highest BCUT2D eigenvalue weighted by Gasteiger charge is 2.14. The van der Waals surface area contributed by atoms with Gasteiger partial charge in [-0.2, -0.15) is 0 Å². The van der Waals surface area contributed by atoms with Crippen molar-refractivity contribution in [1.29, 1.82) is 0 Å². The van der Waals surface area contributed by atoms with Crippen molar-refractivity contribution in [1.82, 2.24) is 14.5 Å². The quantitative estimate of drug-likeness (QED) is 0.545. The molecule has 3 aromatic rings. The number of hydrogen-bond donors (Lipinski definition) is 2. The Morgan fingerprint density at radius 3 is 2.84 bits per heavy atom. The largest absolute Gasteiger partial charge is 0.491 e. The normalized spacial score (nSPS) is 10.6. The number of nitrogens with one attached hydrogen (secondary N) is 1. The summed E-state index contributed by atoms with van der Waals surface area (Å²) in [5.41, 5.74) is 0.823. The Labute approximate surface area is 146 Å². The number of rotatable bonds is 4. The van der Waals surface area contributed by atoms with Gasteiger partial charge in [-0.25, -0.2) is 14.8 Å². The predicted molar refractivity (Wildman–Crippen MR) is 95.1 cm³/mol. The maximum Gasteiger partial charge on any atom is 0.409 e. The molecule has 2 heterocycles. The summed E-state index contributed by atoms with van der Waals surface area (Å²) in [7, 11) is 1.41. The summed E-state index contributed by atoms with van der Waals surface area (Å²) in [6.07, 6.45) is 2.27. The van der Waals surface area contributed by atoms with Crippen LogP contribution in [0.2, 0.25) is 0 Å². The van der Waals surface area contributed by atoms with Crippen LogP contribution in [0, 0.1) is 0 Å². The fraction of sp³-hybridized carbons (Fsp3) is 0.125. The second-order valence-electron chi connectivity index (χ2n) is 4.97. The van der Waals surface area contributed by atoms with Crippen LogP contribution in [0.1, 0.15) is 0 Å². The van der Waals surface area contributed by atoms with Crippen LogP contribution in [-0.4, -0.2) is 39.1 Å². The maximum atomic E-state index is 12.8. The number of anilines is 1. The van der Waals surface area contributed by atoms with Gasteiger partial charge in [-0.3, -0.25) is 14.7 Å². The Kier molecular flexibility index (Phi) is 4.57. The Hall–Kier alpha value is -3.07. The van der Waals surface area contributed by atoms with E-state index in [1.54, 1.807) is 36.5 Å². The van der Waals surface area contributed by atoms with Crippen molar-refractivity contribution in [3.63, 3.8) is 0 Å². The molecule has 0 aliphatic rings. The molecule has 2 aromatic heterocycles. The summed E-state index contributed by atoms with van der Waals surface area (Å²) in [6, 6.07) is 8.06. The molecule has 3 rings (SSSR count). The van der Waals surface area contributed by atoms with E-state index in [4.69, 9.17) is 9.84 Å². The molecule has 9 heteroatoms. The van der Waals surface area contributed by atoms with E-state index in [1.807, 2.05) is 6.26 Å². The van der Waals surface area contributed by atoms with Crippen molar-refractivity contribution in [2.45, 2.75) is 5.16 Å². The van der Waals surface area contributed by atoms with Crippen molar-refractivity contribution >= 4 is 34.6 Å². The standard InChI is InChI=1S/C16H14N4O4S/c1-24-12-6-9-8-17-15(25-2)19-13(9)20(14(12)21)11-5-3-4-10(7-11)18-16(22)23/h3-8,18H,1-2H3,(H,22,23). The van der Waals surface area contributed by atoms with Gasteiger partial charge in [-0.1, -0.05) is 17.8 Å². The van der Waals surface area contributed by atoms with Gasteiger partial charge in [0.2, 0.25) is 0 Å². The van der Waals surface area contributed by atoms with Crippen molar-refractivity contribution < 1.29 is 14.6 Å². The monoisotopic (exact) mass is 358 g/mol. The molecular formula is C16H14N4O4S. The molecule has 1 amide bonds. The number of pyridine rings is 1. The lowest BCUT2D eigenvalue weighted by Gasteiger charge is -2.13. The first-order valence-corrected chi connectivity index (χ1v) is 8.37. The molecule has 0 radical (unpaired) electrons. The Balaban J connectivity index is 2.31. The van der Waals surface area contributed by atoms with E-state index in [1.165, 1.54) is 23.4 Å². The van der Waals surface area contributed by atoms with Gasteiger partial charge < -0.3 is 9.84 Å². The number of methoxy groups -OCH3 is 1. The van der Waals surface area contributed by atoms with Crippen LogP contribution >= 0.6 is 11.8 Å². The van der Waals surface area contributed by atoms with Gasteiger partial charge in [-0.05, 0) is 30.5 Å². The number of ether oxygens (including phenoxy) is 1. The van der Waals surface area contributed by atoms with Crippen LogP contribution < -0.4 is 15.6 Å². The molecule has 0 aliphatic heterocycles. The van der Waals surface area contributed by atoms with Crippen LogP contribution in [-0.2, 0) is 0 Å². The second-order valence-corrected chi connectivity index (χ2v) is 5.74. The highest BCUT2D eigenvalue weighted by molar-refractivity contribution is 7.98. The predicted octanol–water partition coefficient (Wildman–Crippen LogP) is 2.60. The highest BCUT2D eigenvalue weighted by Crippen LogP contribution is 2.22. The lowest BCUT2D eigenvalue weighted by molar-refractivity contribution is 0.210. The topological polar surface area (TPSA) is 106 Å². The molecule has 128 valence electrons.